The van der Waals surface area contributed by atoms with Gasteiger partial charge in [0.2, 0.25) is 21.8 Å². The first-order valence-electron chi connectivity index (χ1n) is 13.7. The molecule has 1 atom stereocenters. The molecule has 0 aliphatic carbocycles. The summed E-state index contributed by atoms with van der Waals surface area (Å²) < 4.78 is 32.0. The lowest BCUT2D eigenvalue weighted by atomic mass is 10.0. The molecule has 2 amide bonds. The molecule has 8 nitrogen and oxygen atoms in total. The number of anilines is 1. The van der Waals surface area contributed by atoms with Gasteiger partial charge in [-0.1, -0.05) is 78.7 Å². The van der Waals surface area contributed by atoms with Crippen molar-refractivity contribution in [2.45, 2.75) is 45.2 Å². The van der Waals surface area contributed by atoms with Crippen LogP contribution in [-0.4, -0.2) is 57.6 Å². The molecule has 0 saturated heterocycles. The number of nitrogens with one attached hydrogen (secondary N) is 1. The monoisotopic (exact) mass is 633 g/mol. The van der Waals surface area contributed by atoms with Crippen LogP contribution in [0.4, 0.5) is 5.69 Å². The first kappa shape index (κ1) is 33.2. The maximum absolute atomic E-state index is 13.9. The molecule has 42 heavy (non-hydrogen) atoms. The number of nitrogens with zero attached hydrogens (tertiary/aromatic N) is 2. The summed E-state index contributed by atoms with van der Waals surface area (Å²) >= 11 is 13.0. The first-order chi connectivity index (χ1) is 20.1. The molecule has 0 bridgehead atoms. The van der Waals surface area contributed by atoms with Crippen molar-refractivity contribution in [2.24, 2.45) is 0 Å². The number of ether oxygens (including phenoxy) is 1. The third-order valence-electron chi connectivity index (χ3n) is 6.72. The van der Waals surface area contributed by atoms with Crippen LogP contribution in [0.3, 0.4) is 0 Å². The largest absolute Gasteiger partial charge is 0.495 e. The zero-order valence-electron chi connectivity index (χ0n) is 24.1. The number of methoxy groups -OCH3 is 1. The van der Waals surface area contributed by atoms with E-state index in [2.05, 4.69) is 5.32 Å². The fraction of sp³-hybridized carbons (Fsp3) is 0.355. The van der Waals surface area contributed by atoms with E-state index in [-0.39, 0.29) is 44.2 Å². The van der Waals surface area contributed by atoms with E-state index >= 15 is 0 Å². The summed E-state index contributed by atoms with van der Waals surface area (Å²) in [6, 6.07) is 20.5. The highest BCUT2D eigenvalue weighted by Gasteiger charge is 2.31. The summed E-state index contributed by atoms with van der Waals surface area (Å²) in [5.74, 6) is -0.212. The van der Waals surface area contributed by atoms with E-state index in [1.54, 1.807) is 42.5 Å². The van der Waals surface area contributed by atoms with Gasteiger partial charge in [0.05, 0.1) is 19.1 Å². The fourth-order valence-corrected chi connectivity index (χ4v) is 6.08. The van der Waals surface area contributed by atoms with Crippen LogP contribution in [-0.2, 0) is 32.6 Å². The van der Waals surface area contributed by atoms with E-state index in [1.165, 1.54) is 16.3 Å². The van der Waals surface area contributed by atoms with Gasteiger partial charge in [-0.25, -0.2) is 8.42 Å². The highest BCUT2D eigenvalue weighted by atomic mass is 35.5. The Morgan fingerprint density at radius 1 is 0.952 bits per heavy atom. The van der Waals surface area contributed by atoms with E-state index in [0.717, 1.165) is 18.2 Å². The number of halogens is 2. The van der Waals surface area contributed by atoms with Crippen molar-refractivity contribution in [1.82, 2.24) is 10.2 Å². The third kappa shape index (κ3) is 9.11. The Labute approximate surface area is 258 Å². The molecule has 1 N–H and O–H groups in total. The number of carbonyl (C=O) groups is 2. The lowest BCUT2D eigenvalue weighted by Crippen LogP contribution is -2.50. The standard InChI is InChI=1S/C31H37Cl2N3O5S/c1-4-19-34-31(38)28(21-23-12-6-5-7-13-23)35(22-24-25(32)14-10-15-26(24)33)30(37)18-11-20-36(42(3,39)40)27-16-8-9-17-29(27)41-2/h5-10,12-17,28H,4,11,18-22H2,1-3H3,(H,34,38)/t28-/m0/s1. The van der Waals surface area contributed by atoms with Gasteiger partial charge in [-0.2, -0.15) is 0 Å². The normalized spacial score (nSPS) is 11.9. The van der Waals surface area contributed by atoms with Crippen molar-refractivity contribution in [3.63, 3.8) is 0 Å². The fourth-order valence-electron chi connectivity index (χ4n) is 4.59. The topological polar surface area (TPSA) is 96.0 Å². The Balaban J connectivity index is 1.93. The Morgan fingerprint density at radius 3 is 2.21 bits per heavy atom. The molecule has 0 heterocycles. The molecule has 0 saturated carbocycles. The number of carbonyl (C=O) groups excluding carboxylic acids is 2. The lowest BCUT2D eigenvalue weighted by Gasteiger charge is -2.32. The number of hydrogen-bond acceptors (Lipinski definition) is 5. The summed E-state index contributed by atoms with van der Waals surface area (Å²) in [4.78, 5) is 28.9. The predicted molar refractivity (Wildman–Crippen MR) is 169 cm³/mol. The molecule has 0 fully saturated rings. The van der Waals surface area contributed by atoms with Gasteiger partial charge in [-0.15, -0.1) is 0 Å². The van der Waals surface area contributed by atoms with E-state index < -0.39 is 16.1 Å². The van der Waals surface area contributed by atoms with Crippen LogP contribution in [0.2, 0.25) is 10.0 Å². The minimum atomic E-state index is -3.68. The van der Waals surface area contributed by atoms with Crippen molar-refractivity contribution in [3.8, 4) is 5.75 Å². The highest BCUT2D eigenvalue weighted by Crippen LogP contribution is 2.30. The number of hydrogen-bond donors (Lipinski definition) is 1. The number of para-hydroxylation sites is 2. The van der Waals surface area contributed by atoms with Crippen LogP contribution in [0.15, 0.2) is 72.8 Å². The molecule has 3 rings (SSSR count). The number of rotatable bonds is 15. The Morgan fingerprint density at radius 2 is 1.60 bits per heavy atom. The average molecular weight is 635 g/mol. The summed E-state index contributed by atoms with van der Waals surface area (Å²) in [5.41, 5.74) is 1.80. The highest BCUT2D eigenvalue weighted by molar-refractivity contribution is 7.92. The zero-order valence-corrected chi connectivity index (χ0v) is 26.4. The van der Waals surface area contributed by atoms with Gasteiger partial charge in [0.25, 0.3) is 0 Å². The van der Waals surface area contributed by atoms with Crippen molar-refractivity contribution < 1.29 is 22.7 Å². The number of benzene rings is 3. The Kier molecular flexibility index (Phi) is 12.5. The lowest BCUT2D eigenvalue weighted by molar-refractivity contribution is -0.141. The summed E-state index contributed by atoms with van der Waals surface area (Å²) in [7, 11) is -2.21. The van der Waals surface area contributed by atoms with Gasteiger partial charge in [0.1, 0.15) is 11.8 Å². The second kappa shape index (κ2) is 15.8. The zero-order chi connectivity index (χ0) is 30.7. The first-order valence-corrected chi connectivity index (χ1v) is 16.3. The average Bonchev–Trinajstić information content (AvgIpc) is 2.97. The number of amides is 2. The number of sulfonamides is 1. The molecule has 3 aromatic rings. The van der Waals surface area contributed by atoms with Gasteiger partial charge in [0.15, 0.2) is 0 Å². The molecule has 0 spiro atoms. The maximum atomic E-state index is 13.9. The van der Waals surface area contributed by atoms with Crippen molar-refractivity contribution in [2.75, 3.05) is 30.8 Å². The van der Waals surface area contributed by atoms with Crippen molar-refractivity contribution in [3.05, 3.63) is 94.0 Å². The third-order valence-corrected chi connectivity index (χ3v) is 8.60. The molecule has 0 radical (unpaired) electrons. The van der Waals surface area contributed by atoms with Gasteiger partial charge in [0, 0.05) is 48.1 Å². The van der Waals surface area contributed by atoms with E-state index in [1.807, 2.05) is 37.3 Å². The molecule has 11 heteroatoms. The molecule has 0 aliphatic rings. The molecular weight excluding hydrogens is 597 g/mol. The molecule has 0 aliphatic heterocycles. The van der Waals surface area contributed by atoms with Crippen LogP contribution in [0.1, 0.15) is 37.3 Å². The quantitative estimate of drug-likeness (QED) is 0.231. The molecule has 0 aromatic heterocycles. The molecule has 0 unspecified atom stereocenters. The second-order valence-electron chi connectivity index (χ2n) is 9.83. The minimum absolute atomic E-state index is 0.0106. The Hall–Kier alpha value is -3.27. The second-order valence-corrected chi connectivity index (χ2v) is 12.6. The smallest absolute Gasteiger partial charge is 0.243 e. The molecular formula is C31H37Cl2N3O5S. The summed E-state index contributed by atoms with van der Waals surface area (Å²) in [5, 5.41) is 3.69. The minimum Gasteiger partial charge on any atom is -0.495 e. The van der Waals surface area contributed by atoms with Crippen LogP contribution in [0.25, 0.3) is 0 Å². The Bertz CT molecular complexity index is 1430. The van der Waals surface area contributed by atoms with Gasteiger partial charge >= 0.3 is 0 Å². The van der Waals surface area contributed by atoms with E-state index in [4.69, 9.17) is 27.9 Å². The SMILES string of the molecule is CCCNC(=O)[C@H](Cc1ccccc1)N(Cc1c(Cl)cccc1Cl)C(=O)CCCN(c1ccccc1OC)S(C)(=O)=O. The van der Waals surface area contributed by atoms with Crippen LogP contribution in [0, 0.1) is 0 Å². The van der Waals surface area contributed by atoms with Crippen LogP contribution >= 0.6 is 23.2 Å². The van der Waals surface area contributed by atoms with Crippen LogP contribution in [0.5, 0.6) is 5.75 Å². The van der Waals surface area contributed by atoms with Crippen molar-refractivity contribution in [1.29, 1.82) is 0 Å². The molecule has 3 aromatic carbocycles. The predicted octanol–water partition coefficient (Wildman–Crippen LogP) is 5.71. The van der Waals surface area contributed by atoms with Crippen LogP contribution < -0.4 is 14.4 Å². The maximum Gasteiger partial charge on any atom is 0.243 e. The van der Waals surface area contributed by atoms with Gasteiger partial charge in [-0.3, -0.25) is 13.9 Å². The molecule has 226 valence electrons. The van der Waals surface area contributed by atoms with Gasteiger partial charge < -0.3 is 15.0 Å². The van der Waals surface area contributed by atoms with Gasteiger partial charge in [-0.05, 0) is 42.7 Å². The van der Waals surface area contributed by atoms with Crippen molar-refractivity contribution >= 4 is 50.7 Å². The van der Waals surface area contributed by atoms with E-state index in [9.17, 15) is 18.0 Å². The summed E-state index contributed by atoms with van der Waals surface area (Å²) in [6.45, 7) is 2.46. The van der Waals surface area contributed by atoms with E-state index in [0.29, 0.717) is 33.6 Å². The summed E-state index contributed by atoms with van der Waals surface area (Å²) in [6.07, 6.45) is 2.31.